The maximum Gasteiger partial charge on any atom is 0.328 e. The van der Waals surface area contributed by atoms with Crippen LogP contribution in [0.1, 0.15) is 25.8 Å². The van der Waals surface area contributed by atoms with Gasteiger partial charge in [0.05, 0.1) is 0 Å². The second-order valence-electron chi connectivity index (χ2n) is 4.76. The van der Waals surface area contributed by atoms with E-state index in [0.29, 0.717) is 12.0 Å². The lowest BCUT2D eigenvalue weighted by Crippen LogP contribution is -2.48. The Labute approximate surface area is 95.5 Å². The van der Waals surface area contributed by atoms with Crippen LogP contribution in [0.4, 0.5) is 0 Å². The molecule has 0 saturated heterocycles. The highest BCUT2D eigenvalue weighted by Gasteiger charge is 2.43. The first kappa shape index (κ1) is 11.1. The fraction of sp³-hybridized carbons (Fsp3) is 0.462. The van der Waals surface area contributed by atoms with Gasteiger partial charge in [-0.05, 0) is 24.8 Å². The van der Waals surface area contributed by atoms with Crippen LogP contribution >= 0.6 is 0 Å². The van der Waals surface area contributed by atoms with Crippen molar-refractivity contribution < 1.29 is 9.90 Å². The fourth-order valence-electron chi connectivity index (χ4n) is 1.93. The van der Waals surface area contributed by atoms with E-state index in [1.807, 2.05) is 30.3 Å². The number of rotatable bonds is 4. The van der Waals surface area contributed by atoms with E-state index in [1.54, 1.807) is 6.92 Å². The minimum atomic E-state index is -0.976. The molecule has 1 aromatic carbocycles. The Hall–Kier alpha value is -1.35. The van der Waals surface area contributed by atoms with Crippen LogP contribution in [-0.2, 0) is 10.3 Å². The van der Waals surface area contributed by atoms with E-state index in [0.717, 1.165) is 12.0 Å². The first-order chi connectivity index (χ1) is 7.54. The molecule has 0 aliphatic heterocycles. The first-order valence-electron chi connectivity index (χ1n) is 5.60. The molecule has 1 aliphatic rings. The third-order valence-electron chi connectivity index (χ3n) is 3.36. The van der Waals surface area contributed by atoms with E-state index in [4.69, 9.17) is 0 Å². The second kappa shape index (κ2) is 3.91. The average Bonchev–Trinajstić information content (AvgIpc) is 2.95. The highest BCUT2D eigenvalue weighted by Crippen LogP contribution is 2.34. The number of hydrogen-bond donors (Lipinski definition) is 2. The summed E-state index contributed by atoms with van der Waals surface area (Å²) in [5.74, 6) is -0.236. The molecule has 1 saturated carbocycles. The first-order valence-corrected chi connectivity index (χ1v) is 5.60. The molecule has 0 aromatic heterocycles. The summed E-state index contributed by atoms with van der Waals surface area (Å²) in [4.78, 5) is 11.4. The van der Waals surface area contributed by atoms with Gasteiger partial charge in [0.15, 0.2) is 0 Å². The molecule has 3 nitrogen and oxygen atoms in total. The number of aliphatic carboxylic acids is 1. The number of carboxylic acid groups (broad SMARTS) is 1. The molecule has 2 N–H and O–H groups in total. The van der Waals surface area contributed by atoms with E-state index in [9.17, 15) is 9.90 Å². The molecule has 3 unspecified atom stereocenters. The van der Waals surface area contributed by atoms with E-state index in [2.05, 4.69) is 12.2 Å². The van der Waals surface area contributed by atoms with Crippen molar-refractivity contribution in [3.63, 3.8) is 0 Å². The Balaban J connectivity index is 2.25. The van der Waals surface area contributed by atoms with Crippen molar-refractivity contribution in [2.24, 2.45) is 5.92 Å². The number of benzene rings is 1. The maximum atomic E-state index is 11.4. The van der Waals surface area contributed by atoms with Crippen molar-refractivity contribution in [1.29, 1.82) is 0 Å². The van der Waals surface area contributed by atoms with Crippen molar-refractivity contribution in [3.8, 4) is 0 Å². The van der Waals surface area contributed by atoms with Crippen LogP contribution in [0.25, 0.3) is 0 Å². The van der Waals surface area contributed by atoms with Gasteiger partial charge >= 0.3 is 5.97 Å². The zero-order valence-corrected chi connectivity index (χ0v) is 9.60. The molecular formula is C13H17NO2. The Morgan fingerprint density at radius 3 is 2.44 bits per heavy atom. The lowest BCUT2D eigenvalue weighted by Gasteiger charge is -2.27. The number of carbonyl (C=O) groups is 1. The molecule has 0 radical (unpaired) electrons. The second-order valence-corrected chi connectivity index (χ2v) is 4.76. The average molecular weight is 219 g/mol. The quantitative estimate of drug-likeness (QED) is 0.814. The van der Waals surface area contributed by atoms with Crippen molar-refractivity contribution >= 4 is 5.97 Å². The van der Waals surface area contributed by atoms with Crippen molar-refractivity contribution in [2.45, 2.75) is 31.8 Å². The van der Waals surface area contributed by atoms with Crippen molar-refractivity contribution in [3.05, 3.63) is 35.9 Å². The van der Waals surface area contributed by atoms with E-state index in [1.165, 1.54) is 0 Å². The standard InChI is InChI=1S/C13H17NO2/c1-9-8-11(9)14-13(2,12(15)16)10-6-4-3-5-7-10/h3-7,9,11,14H,8H2,1-2H3,(H,15,16). The summed E-state index contributed by atoms with van der Waals surface area (Å²) in [5.41, 5.74) is -0.168. The van der Waals surface area contributed by atoms with Gasteiger partial charge in [-0.2, -0.15) is 0 Å². The molecule has 0 spiro atoms. The third-order valence-corrected chi connectivity index (χ3v) is 3.36. The fourth-order valence-corrected chi connectivity index (χ4v) is 1.93. The van der Waals surface area contributed by atoms with Gasteiger partial charge in [0.2, 0.25) is 0 Å². The molecule has 86 valence electrons. The van der Waals surface area contributed by atoms with Crippen LogP contribution in [0.15, 0.2) is 30.3 Å². The topological polar surface area (TPSA) is 49.3 Å². The summed E-state index contributed by atoms with van der Waals surface area (Å²) >= 11 is 0. The summed E-state index contributed by atoms with van der Waals surface area (Å²) in [6.45, 7) is 3.86. The van der Waals surface area contributed by atoms with E-state index >= 15 is 0 Å². The maximum absolute atomic E-state index is 11.4. The van der Waals surface area contributed by atoms with E-state index in [-0.39, 0.29) is 0 Å². The van der Waals surface area contributed by atoms with Gasteiger partial charge in [0, 0.05) is 6.04 Å². The van der Waals surface area contributed by atoms with Gasteiger partial charge in [0.25, 0.3) is 0 Å². The predicted molar refractivity (Wildman–Crippen MR) is 62.1 cm³/mol. The number of nitrogens with one attached hydrogen (secondary N) is 1. The van der Waals surface area contributed by atoms with Crippen LogP contribution in [0, 0.1) is 5.92 Å². The van der Waals surface area contributed by atoms with Crippen LogP contribution < -0.4 is 5.32 Å². The van der Waals surface area contributed by atoms with Crippen LogP contribution in [0.3, 0.4) is 0 Å². The normalized spacial score (nSPS) is 27.1. The number of carboxylic acids is 1. The van der Waals surface area contributed by atoms with Gasteiger partial charge in [0.1, 0.15) is 5.54 Å². The molecule has 0 bridgehead atoms. The number of hydrogen-bond acceptors (Lipinski definition) is 2. The van der Waals surface area contributed by atoms with Crippen LogP contribution in [-0.4, -0.2) is 17.1 Å². The van der Waals surface area contributed by atoms with Crippen molar-refractivity contribution in [1.82, 2.24) is 5.32 Å². The lowest BCUT2D eigenvalue weighted by atomic mass is 9.92. The minimum absolute atomic E-state index is 0.335. The van der Waals surface area contributed by atoms with Crippen molar-refractivity contribution in [2.75, 3.05) is 0 Å². The van der Waals surface area contributed by atoms with Gasteiger partial charge in [-0.15, -0.1) is 0 Å². The molecule has 1 aliphatic carbocycles. The predicted octanol–water partition coefficient (Wildman–Crippen LogP) is 1.98. The molecule has 1 aromatic rings. The van der Waals surface area contributed by atoms with Gasteiger partial charge in [-0.25, -0.2) is 4.79 Å². The Morgan fingerprint density at radius 2 is 2.00 bits per heavy atom. The Kier molecular flexibility index (Phi) is 2.72. The molecule has 1 fully saturated rings. The highest BCUT2D eigenvalue weighted by molar-refractivity contribution is 5.80. The van der Waals surface area contributed by atoms with E-state index < -0.39 is 11.5 Å². The molecule has 16 heavy (non-hydrogen) atoms. The Bertz CT molecular complexity index is 390. The molecule has 3 heteroatoms. The monoisotopic (exact) mass is 219 g/mol. The molecular weight excluding hydrogens is 202 g/mol. The highest BCUT2D eigenvalue weighted by atomic mass is 16.4. The molecule has 0 heterocycles. The molecule has 2 rings (SSSR count). The largest absolute Gasteiger partial charge is 0.480 e. The van der Waals surface area contributed by atoms with Gasteiger partial charge in [-0.1, -0.05) is 37.3 Å². The van der Waals surface area contributed by atoms with Crippen LogP contribution in [0.2, 0.25) is 0 Å². The minimum Gasteiger partial charge on any atom is -0.480 e. The summed E-state index contributed by atoms with van der Waals surface area (Å²) < 4.78 is 0. The van der Waals surface area contributed by atoms with Gasteiger partial charge < -0.3 is 5.11 Å². The summed E-state index contributed by atoms with van der Waals surface area (Å²) in [5, 5.41) is 12.6. The lowest BCUT2D eigenvalue weighted by molar-refractivity contribution is -0.144. The summed E-state index contributed by atoms with van der Waals surface area (Å²) in [7, 11) is 0. The summed E-state index contributed by atoms with van der Waals surface area (Å²) in [6, 6.07) is 9.68. The molecule has 0 amide bonds. The zero-order chi connectivity index (χ0) is 11.8. The Morgan fingerprint density at radius 1 is 1.44 bits per heavy atom. The molecule has 3 atom stereocenters. The smallest absolute Gasteiger partial charge is 0.328 e. The van der Waals surface area contributed by atoms with Crippen LogP contribution in [0.5, 0.6) is 0 Å². The zero-order valence-electron chi connectivity index (χ0n) is 9.60. The SMILES string of the molecule is CC1CC1NC(C)(C(=O)O)c1ccccc1. The third kappa shape index (κ3) is 1.95. The van der Waals surface area contributed by atoms with Gasteiger partial charge in [-0.3, -0.25) is 5.32 Å². The summed E-state index contributed by atoms with van der Waals surface area (Å²) in [6.07, 6.45) is 1.07.